The van der Waals surface area contributed by atoms with Crippen molar-refractivity contribution < 1.29 is 58.2 Å². The summed E-state index contributed by atoms with van der Waals surface area (Å²) in [6.07, 6.45) is 4.06. The van der Waals surface area contributed by atoms with E-state index in [-0.39, 0.29) is 113 Å². The van der Waals surface area contributed by atoms with Crippen LogP contribution in [0.25, 0.3) is 10.9 Å². The summed E-state index contributed by atoms with van der Waals surface area (Å²) in [5.74, 6) is -9.63. The van der Waals surface area contributed by atoms with Crippen molar-refractivity contribution in [2.45, 2.75) is 192 Å². The molecular formula is C64H105N19O12. The zero-order valence-corrected chi connectivity index (χ0v) is 55.6. The van der Waals surface area contributed by atoms with Crippen molar-refractivity contribution in [2.75, 3.05) is 32.7 Å². The summed E-state index contributed by atoms with van der Waals surface area (Å²) in [7, 11) is 0. The molecule has 31 heteroatoms. The quantitative estimate of drug-likeness (QED) is 0.0183. The predicted octanol–water partition coefficient (Wildman–Crippen LogP) is -1.01. The molecule has 0 saturated heterocycles. The van der Waals surface area contributed by atoms with Crippen molar-refractivity contribution in [3.8, 4) is 5.75 Å². The van der Waals surface area contributed by atoms with E-state index in [2.05, 4.69) is 63.5 Å². The van der Waals surface area contributed by atoms with E-state index in [4.69, 9.17) is 39.5 Å². The average molecular weight is 1330 g/mol. The number of carboxylic acid groups (broad SMARTS) is 1. The molecule has 0 spiro atoms. The smallest absolute Gasteiger partial charge is 0.326 e. The van der Waals surface area contributed by atoms with Crippen molar-refractivity contribution in [2.24, 2.45) is 46.4 Å². The minimum atomic E-state index is -1.47. The van der Waals surface area contributed by atoms with Crippen molar-refractivity contribution in [3.05, 3.63) is 65.9 Å². The SMILES string of the molecule is CC[C@H](C)[C@H](NC(=O)[C@H](Cc1c[nH]c2ccccc12)NC(=O)[C@@H](N)CC(C)C)C(=O)NCC(=O)N[C@@H](CC(C)C)C(=O)N[C@@H](CCCNC(=N)N)C(=O)N[C@@H](CCCCN)C(=O)N[C@@H](CCCCN)C(=O)N[C@@H](CCCNC(=N)N)C(=O)N[C@@H](Cc1ccc(O)cc1)C(=O)O. The van der Waals surface area contributed by atoms with Crippen LogP contribution in [0.3, 0.4) is 0 Å². The molecule has 0 aliphatic carbocycles. The zero-order chi connectivity index (χ0) is 70.7. The average Bonchev–Trinajstić information content (AvgIpc) is 1.73. The molecular weight excluding hydrogens is 1230 g/mol. The number of carbonyl (C=O) groups excluding carboxylic acids is 9. The molecule has 0 unspecified atom stereocenters. The number of phenols is 1. The lowest BCUT2D eigenvalue weighted by Gasteiger charge is -2.28. The lowest BCUT2D eigenvalue weighted by Crippen LogP contribution is -2.60. The largest absolute Gasteiger partial charge is 0.508 e. The number of para-hydroxylation sites is 1. The van der Waals surface area contributed by atoms with E-state index in [1.54, 1.807) is 27.0 Å². The van der Waals surface area contributed by atoms with Gasteiger partial charge in [0.1, 0.15) is 54.1 Å². The van der Waals surface area contributed by atoms with E-state index >= 15 is 0 Å². The maximum atomic E-state index is 14.6. The van der Waals surface area contributed by atoms with Crippen LogP contribution in [0, 0.1) is 28.6 Å². The number of nitrogens with one attached hydrogen (secondary N) is 14. The van der Waals surface area contributed by atoms with Crippen LogP contribution in [0.4, 0.5) is 0 Å². The summed E-state index contributed by atoms with van der Waals surface area (Å²) < 4.78 is 0. The molecule has 3 aromatic rings. The van der Waals surface area contributed by atoms with Gasteiger partial charge in [0.25, 0.3) is 0 Å². The number of fused-ring (bicyclic) bond motifs is 1. The third-order valence-corrected chi connectivity index (χ3v) is 15.8. The normalized spacial score (nSPS) is 14.4. The summed E-state index contributed by atoms with van der Waals surface area (Å²) in [6, 6.07) is 1.70. The Morgan fingerprint density at radius 1 is 0.516 bits per heavy atom. The molecule has 0 fully saturated rings. The number of benzene rings is 2. The van der Waals surface area contributed by atoms with Gasteiger partial charge in [-0.05, 0) is 137 Å². The number of aromatic amines is 1. The lowest BCUT2D eigenvalue weighted by molar-refractivity contribution is -0.142. The highest BCUT2D eigenvalue weighted by Crippen LogP contribution is 2.21. The van der Waals surface area contributed by atoms with Gasteiger partial charge in [-0.25, -0.2) is 4.79 Å². The molecule has 31 nitrogen and oxygen atoms in total. The molecule has 0 radical (unpaired) electrons. The summed E-state index contributed by atoms with van der Waals surface area (Å²) >= 11 is 0. The Hall–Kier alpha value is -9.10. The molecule has 9 amide bonds. The van der Waals surface area contributed by atoms with Gasteiger partial charge in [0.2, 0.25) is 53.2 Å². The van der Waals surface area contributed by atoms with Gasteiger partial charge in [-0.2, -0.15) is 0 Å². The number of aromatic nitrogens is 1. The molecule has 1 aromatic heterocycles. The Bertz CT molecular complexity index is 3000. The summed E-state index contributed by atoms with van der Waals surface area (Å²) in [5, 5.41) is 65.3. The molecule has 0 bridgehead atoms. The first-order chi connectivity index (χ1) is 45.1. The molecule has 10 atom stereocenters. The fourth-order valence-electron chi connectivity index (χ4n) is 10.4. The summed E-state index contributed by atoms with van der Waals surface area (Å²) in [4.78, 5) is 143. The van der Waals surface area contributed by atoms with Gasteiger partial charge < -0.3 is 102 Å². The highest BCUT2D eigenvalue weighted by Gasteiger charge is 2.36. The Labute approximate surface area is 555 Å². The topological polar surface area (TPSA) is 537 Å². The number of guanidine groups is 2. The van der Waals surface area contributed by atoms with Gasteiger partial charge in [0.15, 0.2) is 11.9 Å². The van der Waals surface area contributed by atoms with Crippen molar-refractivity contribution in [3.63, 3.8) is 0 Å². The first-order valence-corrected chi connectivity index (χ1v) is 32.6. The van der Waals surface area contributed by atoms with Gasteiger partial charge in [0, 0.05) is 43.0 Å². The monoisotopic (exact) mass is 1330 g/mol. The third kappa shape index (κ3) is 29.8. The highest BCUT2D eigenvalue weighted by molar-refractivity contribution is 5.98. The van der Waals surface area contributed by atoms with E-state index in [1.807, 2.05) is 45.0 Å². The number of amides is 9. The number of carbonyl (C=O) groups is 10. The third-order valence-electron chi connectivity index (χ3n) is 15.8. The van der Waals surface area contributed by atoms with Gasteiger partial charge in [-0.1, -0.05) is 78.3 Å². The second-order valence-electron chi connectivity index (χ2n) is 24.7. The van der Waals surface area contributed by atoms with E-state index in [9.17, 15) is 58.2 Å². The molecule has 95 heavy (non-hydrogen) atoms. The highest BCUT2D eigenvalue weighted by atomic mass is 16.4. The standard InChI is InChI=1S/C64H105N19O12/c1-7-38(6)53(83-60(92)50(81-54(86)43(67)30-36(2)3)33-40-34-74-44-17-9-8-16-42(40)44)61(93)75-35-52(85)76-49(31-37(4)5)59(91)80-47(20-14-28-72-63(68)69)57(89)78-45(18-10-12-26-65)55(87)77-46(19-11-13-27-66)56(88)79-48(21-15-29-73-64(70)71)58(90)82-51(62(94)95)32-39-22-24-41(84)25-23-39/h8-9,16-17,22-25,34,36-38,43,45-51,53,74,84H,7,10-15,18-21,26-33,35,65-67H2,1-6H3,(H,75,93)(H,76,85)(H,77,87)(H,78,89)(H,79,88)(H,80,91)(H,81,86)(H,82,90)(H,83,92)(H,94,95)(H4,68,69,72)(H4,70,71,73)/t38-,43-,45-,46-,47-,48-,49-,50-,51-,53-/m0/s1. The van der Waals surface area contributed by atoms with Gasteiger partial charge in [0.05, 0.1) is 12.6 Å². The first-order valence-electron chi connectivity index (χ1n) is 32.6. The van der Waals surface area contributed by atoms with Crippen molar-refractivity contribution >= 4 is 82.0 Å². The minimum absolute atomic E-state index is 0.00111. The molecule has 0 aliphatic rings. The molecule has 0 aliphatic heterocycles. The van der Waals surface area contributed by atoms with Crippen molar-refractivity contribution in [1.29, 1.82) is 10.8 Å². The van der Waals surface area contributed by atoms with Crippen LogP contribution in [0.15, 0.2) is 54.7 Å². The van der Waals surface area contributed by atoms with Crippen LogP contribution in [-0.4, -0.2) is 173 Å². The number of hydrogen-bond donors (Lipinski definition) is 21. The van der Waals surface area contributed by atoms with Gasteiger partial charge in [-0.15, -0.1) is 0 Å². The number of rotatable bonds is 45. The Morgan fingerprint density at radius 3 is 1.43 bits per heavy atom. The van der Waals surface area contributed by atoms with Crippen LogP contribution in [0.5, 0.6) is 5.75 Å². The fourth-order valence-corrected chi connectivity index (χ4v) is 10.4. The zero-order valence-electron chi connectivity index (χ0n) is 55.6. The Balaban J connectivity index is 1.88. The van der Waals surface area contributed by atoms with E-state index in [0.29, 0.717) is 44.1 Å². The maximum Gasteiger partial charge on any atom is 0.326 e. The summed E-state index contributed by atoms with van der Waals surface area (Å²) in [5.41, 5.74) is 30.9. The second kappa shape index (κ2) is 42.3. The lowest BCUT2D eigenvalue weighted by atomic mass is 9.96. The molecule has 3 rings (SSSR count). The number of carboxylic acids is 1. The number of unbranched alkanes of at least 4 members (excludes halogenated alkanes) is 2. The number of aromatic hydroxyl groups is 1. The van der Waals surface area contributed by atoms with Crippen molar-refractivity contribution in [1.82, 2.24) is 63.5 Å². The van der Waals surface area contributed by atoms with E-state index < -0.39 is 126 Å². The first kappa shape index (κ1) is 80.1. The van der Waals surface area contributed by atoms with Gasteiger partial charge in [-0.3, -0.25) is 54.0 Å². The van der Waals surface area contributed by atoms with Gasteiger partial charge >= 0.3 is 5.97 Å². The van der Waals surface area contributed by atoms with E-state index in [1.165, 1.54) is 24.3 Å². The molecule has 0 saturated carbocycles. The van der Waals surface area contributed by atoms with Crippen LogP contribution >= 0.6 is 0 Å². The van der Waals surface area contributed by atoms with Crippen LogP contribution in [-0.2, 0) is 60.8 Å². The van der Waals surface area contributed by atoms with Crippen LogP contribution < -0.4 is 87.2 Å². The molecule has 528 valence electrons. The molecule has 2 aromatic carbocycles. The van der Waals surface area contributed by atoms with Crippen LogP contribution in [0.1, 0.15) is 136 Å². The number of phenolic OH excluding ortho intramolecular Hbond substituents is 1. The number of aliphatic carboxylic acids is 1. The molecule has 26 N–H and O–H groups in total. The fraction of sp³-hybridized carbons (Fsp3) is 0.594. The van der Waals surface area contributed by atoms with Crippen LogP contribution in [0.2, 0.25) is 0 Å². The van der Waals surface area contributed by atoms with E-state index in [0.717, 1.165) is 16.5 Å². The minimum Gasteiger partial charge on any atom is -0.508 e. The number of H-pyrrole nitrogens is 1. The molecule has 1 heterocycles. The predicted molar refractivity (Wildman–Crippen MR) is 360 cm³/mol. The Morgan fingerprint density at radius 2 is 0.968 bits per heavy atom. The number of nitrogens with two attached hydrogens (primary N) is 5. The second-order valence-corrected chi connectivity index (χ2v) is 24.7. The number of hydrogen-bond acceptors (Lipinski definition) is 16. The maximum absolute atomic E-state index is 14.6. The summed E-state index contributed by atoms with van der Waals surface area (Å²) in [6.45, 7) is 11.0. The Kier molecular flexibility index (Phi) is 35.7.